The number of aryl methyl sites for hydroxylation is 1. The molecule has 0 spiro atoms. The van der Waals surface area contributed by atoms with Gasteiger partial charge in [-0.3, -0.25) is 4.79 Å². The third-order valence-electron chi connectivity index (χ3n) is 6.49. The van der Waals surface area contributed by atoms with E-state index in [9.17, 15) is 4.79 Å². The highest BCUT2D eigenvalue weighted by atomic mass is 32.1. The van der Waals surface area contributed by atoms with Crippen LogP contribution in [-0.2, 0) is 13.0 Å². The van der Waals surface area contributed by atoms with E-state index in [0.717, 1.165) is 17.5 Å². The van der Waals surface area contributed by atoms with Crippen molar-refractivity contribution < 1.29 is 14.2 Å². The molecule has 0 bridgehead atoms. The number of hydrogen-bond acceptors (Lipinski definition) is 5. The number of nitrogens with one attached hydrogen (secondary N) is 2. The van der Waals surface area contributed by atoms with Crippen LogP contribution in [-0.4, -0.2) is 41.9 Å². The minimum Gasteiger partial charge on any atom is -0.495 e. The van der Waals surface area contributed by atoms with Crippen molar-refractivity contribution >= 4 is 33.9 Å². The zero-order valence-electron chi connectivity index (χ0n) is 20.9. The topological polar surface area (TPSA) is 75.8 Å². The standard InChI is InChI=1S/C29H29N3O4S/c1-19-7-3-4-8-20(19)11-12-32(29(37)31-23-9-5-6-10-25(23)34-2)18-22-15-21-16-26-27(36-14-13-35-26)17-24(21)30-28(22)33/h3-10,15-17H,11-14,18H2,1-2H3,(H,30,33)(H,31,37). The summed E-state index contributed by atoms with van der Waals surface area (Å²) in [6.45, 7) is 4.07. The van der Waals surface area contributed by atoms with Crippen molar-refractivity contribution in [2.75, 3.05) is 32.2 Å². The van der Waals surface area contributed by atoms with Gasteiger partial charge in [0.2, 0.25) is 0 Å². The molecule has 0 atom stereocenters. The lowest BCUT2D eigenvalue weighted by Gasteiger charge is -2.27. The Kier molecular flexibility index (Phi) is 7.28. The highest BCUT2D eigenvalue weighted by Gasteiger charge is 2.18. The number of anilines is 1. The Morgan fingerprint density at radius 2 is 1.76 bits per heavy atom. The van der Waals surface area contributed by atoms with E-state index in [4.69, 9.17) is 26.4 Å². The Morgan fingerprint density at radius 1 is 1.03 bits per heavy atom. The molecule has 2 heterocycles. The van der Waals surface area contributed by atoms with Gasteiger partial charge in [-0.05, 0) is 61.0 Å². The van der Waals surface area contributed by atoms with Crippen LogP contribution in [0.15, 0.2) is 71.5 Å². The fourth-order valence-corrected chi connectivity index (χ4v) is 4.72. The fraction of sp³-hybridized carbons (Fsp3) is 0.241. The predicted molar refractivity (Wildman–Crippen MR) is 150 cm³/mol. The van der Waals surface area contributed by atoms with Gasteiger partial charge in [0, 0.05) is 23.6 Å². The van der Waals surface area contributed by atoms with Crippen LogP contribution >= 0.6 is 12.2 Å². The lowest BCUT2D eigenvalue weighted by atomic mass is 10.1. The molecule has 7 nitrogen and oxygen atoms in total. The molecule has 4 aromatic rings. The molecule has 0 saturated carbocycles. The van der Waals surface area contributed by atoms with Crippen molar-refractivity contribution in [3.8, 4) is 17.2 Å². The number of methoxy groups -OCH3 is 1. The Hall–Kier alpha value is -4.04. The Bertz CT molecular complexity index is 1500. The summed E-state index contributed by atoms with van der Waals surface area (Å²) in [5, 5.41) is 4.70. The zero-order chi connectivity index (χ0) is 25.8. The number of para-hydroxylation sites is 2. The number of pyridine rings is 1. The Labute approximate surface area is 221 Å². The summed E-state index contributed by atoms with van der Waals surface area (Å²) in [7, 11) is 1.63. The summed E-state index contributed by atoms with van der Waals surface area (Å²) in [5.41, 5.74) is 4.39. The molecular formula is C29H29N3O4S. The molecule has 0 unspecified atom stereocenters. The number of fused-ring (bicyclic) bond motifs is 2. The number of thiocarbonyl (C=S) groups is 1. The first-order valence-electron chi connectivity index (χ1n) is 12.2. The summed E-state index contributed by atoms with van der Waals surface area (Å²) >= 11 is 5.84. The van der Waals surface area contributed by atoms with E-state index in [1.54, 1.807) is 7.11 Å². The van der Waals surface area contributed by atoms with E-state index in [1.165, 1.54) is 11.1 Å². The van der Waals surface area contributed by atoms with E-state index in [-0.39, 0.29) is 5.56 Å². The fourth-order valence-electron chi connectivity index (χ4n) is 4.45. The maximum absolute atomic E-state index is 13.1. The SMILES string of the molecule is COc1ccccc1NC(=S)N(CCc1ccccc1C)Cc1cc2cc3c(cc2[nH]c1=O)OCCO3. The van der Waals surface area contributed by atoms with Crippen LogP contribution in [0.2, 0.25) is 0 Å². The largest absolute Gasteiger partial charge is 0.495 e. The molecule has 0 saturated heterocycles. The minimum atomic E-state index is -0.162. The monoisotopic (exact) mass is 515 g/mol. The molecule has 1 aliphatic heterocycles. The minimum absolute atomic E-state index is 0.162. The van der Waals surface area contributed by atoms with Crippen molar-refractivity contribution in [3.05, 3.63) is 93.8 Å². The highest BCUT2D eigenvalue weighted by molar-refractivity contribution is 7.80. The lowest BCUT2D eigenvalue weighted by molar-refractivity contribution is 0.172. The summed E-state index contributed by atoms with van der Waals surface area (Å²) in [6, 6.07) is 21.6. The van der Waals surface area contributed by atoms with Crippen molar-refractivity contribution in [1.82, 2.24) is 9.88 Å². The van der Waals surface area contributed by atoms with Gasteiger partial charge in [0.05, 0.1) is 24.9 Å². The first-order chi connectivity index (χ1) is 18.0. The number of ether oxygens (including phenoxy) is 3. The molecule has 0 amide bonds. The molecule has 1 aromatic heterocycles. The van der Waals surface area contributed by atoms with Crippen molar-refractivity contribution in [1.29, 1.82) is 0 Å². The molecule has 8 heteroatoms. The van der Waals surface area contributed by atoms with E-state index in [1.807, 2.05) is 59.5 Å². The number of benzene rings is 3. The summed E-state index contributed by atoms with van der Waals surface area (Å²) in [5.74, 6) is 2.02. The predicted octanol–water partition coefficient (Wildman–Crippen LogP) is 5.06. The van der Waals surface area contributed by atoms with Crippen LogP contribution in [0.25, 0.3) is 10.9 Å². The van der Waals surface area contributed by atoms with Gasteiger partial charge in [0.1, 0.15) is 19.0 Å². The first-order valence-corrected chi connectivity index (χ1v) is 12.6. The van der Waals surface area contributed by atoms with E-state index in [2.05, 4.69) is 29.4 Å². The molecule has 5 rings (SSSR count). The summed E-state index contributed by atoms with van der Waals surface area (Å²) in [4.78, 5) is 18.1. The number of hydrogen-bond donors (Lipinski definition) is 2. The zero-order valence-corrected chi connectivity index (χ0v) is 21.7. The van der Waals surface area contributed by atoms with E-state index >= 15 is 0 Å². The number of H-pyrrole nitrogens is 1. The van der Waals surface area contributed by atoms with Crippen LogP contribution < -0.4 is 25.1 Å². The average Bonchev–Trinajstić information content (AvgIpc) is 2.91. The molecule has 37 heavy (non-hydrogen) atoms. The van der Waals surface area contributed by atoms with Gasteiger partial charge in [-0.2, -0.15) is 0 Å². The normalized spacial score (nSPS) is 12.3. The molecule has 0 radical (unpaired) electrons. The Morgan fingerprint density at radius 3 is 2.54 bits per heavy atom. The maximum atomic E-state index is 13.1. The molecule has 2 N–H and O–H groups in total. The van der Waals surface area contributed by atoms with Gasteiger partial charge in [-0.15, -0.1) is 0 Å². The van der Waals surface area contributed by atoms with Gasteiger partial charge in [0.15, 0.2) is 16.6 Å². The van der Waals surface area contributed by atoms with Crippen LogP contribution in [0.1, 0.15) is 16.7 Å². The van der Waals surface area contributed by atoms with E-state index in [0.29, 0.717) is 59.7 Å². The summed E-state index contributed by atoms with van der Waals surface area (Å²) in [6.07, 6.45) is 0.782. The second-order valence-electron chi connectivity index (χ2n) is 8.94. The van der Waals surface area contributed by atoms with Crippen LogP contribution in [0.4, 0.5) is 5.69 Å². The number of aromatic amines is 1. The maximum Gasteiger partial charge on any atom is 0.253 e. The second kappa shape index (κ2) is 10.9. The van der Waals surface area contributed by atoms with Gasteiger partial charge < -0.3 is 29.4 Å². The van der Waals surface area contributed by atoms with Crippen LogP contribution in [0, 0.1) is 6.92 Å². The molecule has 0 fully saturated rings. The highest BCUT2D eigenvalue weighted by Crippen LogP contribution is 2.33. The van der Waals surface area contributed by atoms with Gasteiger partial charge in [0.25, 0.3) is 5.56 Å². The number of rotatable bonds is 7. The molecule has 0 aliphatic carbocycles. The van der Waals surface area contributed by atoms with Gasteiger partial charge in [-0.1, -0.05) is 36.4 Å². The average molecular weight is 516 g/mol. The lowest BCUT2D eigenvalue weighted by Crippen LogP contribution is -2.37. The smallest absolute Gasteiger partial charge is 0.253 e. The third kappa shape index (κ3) is 5.54. The summed E-state index contributed by atoms with van der Waals surface area (Å²) < 4.78 is 16.9. The molecule has 1 aliphatic rings. The molecule has 190 valence electrons. The second-order valence-corrected chi connectivity index (χ2v) is 9.32. The molecule has 3 aromatic carbocycles. The van der Waals surface area contributed by atoms with E-state index < -0.39 is 0 Å². The van der Waals surface area contributed by atoms with Gasteiger partial charge in [-0.25, -0.2) is 0 Å². The van der Waals surface area contributed by atoms with Gasteiger partial charge >= 0.3 is 0 Å². The van der Waals surface area contributed by atoms with Crippen LogP contribution in [0.5, 0.6) is 17.2 Å². The van der Waals surface area contributed by atoms with Crippen LogP contribution in [0.3, 0.4) is 0 Å². The Balaban J connectivity index is 1.44. The molecular weight excluding hydrogens is 486 g/mol. The van der Waals surface area contributed by atoms with Crippen molar-refractivity contribution in [2.45, 2.75) is 19.9 Å². The third-order valence-corrected chi connectivity index (χ3v) is 6.85. The quantitative estimate of drug-likeness (QED) is 0.333. The number of nitrogens with zero attached hydrogens (tertiary/aromatic N) is 1. The van der Waals surface area contributed by atoms with Crippen molar-refractivity contribution in [3.63, 3.8) is 0 Å². The first kappa shape index (κ1) is 24.6. The number of aromatic nitrogens is 1. The van der Waals surface area contributed by atoms with Crippen molar-refractivity contribution in [2.24, 2.45) is 0 Å².